The highest BCUT2D eigenvalue weighted by Crippen LogP contribution is 2.24. The van der Waals surface area contributed by atoms with Crippen LogP contribution >= 0.6 is 0 Å². The average molecular weight is 414 g/mol. The minimum absolute atomic E-state index is 0.120. The molecule has 0 spiro atoms. The van der Waals surface area contributed by atoms with E-state index in [2.05, 4.69) is 15.4 Å². The number of aromatic nitrogens is 3. The lowest BCUT2D eigenvalue weighted by Gasteiger charge is -2.08. The van der Waals surface area contributed by atoms with Crippen LogP contribution in [0, 0.1) is 6.92 Å². The lowest BCUT2D eigenvalue weighted by atomic mass is 10.2. The summed E-state index contributed by atoms with van der Waals surface area (Å²) in [7, 11) is 0. The van der Waals surface area contributed by atoms with Crippen LogP contribution in [0.15, 0.2) is 85.2 Å². The summed E-state index contributed by atoms with van der Waals surface area (Å²) in [6.07, 6.45) is 3.53. The number of anilines is 1. The molecule has 2 aromatic heterocycles. The Morgan fingerprint density at radius 3 is 2.35 bits per heavy atom. The van der Waals surface area contributed by atoms with Crippen molar-refractivity contribution in [3.8, 4) is 17.2 Å². The molecule has 2 aromatic carbocycles. The summed E-state index contributed by atoms with van der Waals surface area (Å²) in [4.78, 5) is 16.4. The zero-order valence-electron chi connectivity index (χ0n) is 17.1. The van der Waals surface area contributed by atoms with Crippen molar-refractivity contribution >= 4 is 11.7 Å². The summed E-state index contributed by atoms with van der Waals surface area (Å²) in [6.45, 7) is 2.44. The Labute approximate surface area is 180 Å². The van der Waals surface area contributed by atoms with Crippen LogP contribution in [0.25, 0.3) is 0 Å². The summed E-state index contributed by atoms with van der Waals surface area (Å²) < 4.78 is 13.1. The molecule has 0 fully saturated rings. The van der Waals surface area contributed by atoms with Gasteiger partial charge in [0.2, 0.25) is 0 Å². The van der Waals surface area contributed by atoms with E-state index in [-0.39, 0.29) is 12.5 Å². The number of hydrogen-bond acceptors (Lipinski definition) is 5. The van der Waals surface area contributed by atoms with Gasteiger partial charge in [0.15, 0.2) is 12.4 Å². The number of nitrogens with one attached hydrogen (secondary N) is 1. The highest BCUT2D eigenvalue weighted by molar-refractivity contribution is 5.90. The Kier molecular flexibility index (Phi) is 6.23. The highest BCUT2D eigenvalue weighted by Gasteiger charge is 2.07. The quantitative estimate of drug-likeness (QED) is 0.461. The number of amides is 1. The van der Waals surface area contributed by atoms with Crippen LogP contribution in [-0.2, 0) is 11.3 Å². The molecule has 4 aromatic rings. The fourth-order valence-electron chi connectivity index (χ4n) is 2.85. The van der Waals surface area contributed by atoms with Crippen LogP contribution < -0.4 is 14.8 Å². The minimum atomic E-state index is -0.289. The number of carbonyl (C=O) groups excluding carboxylic acids is 1. The molecule has 0 atom stereocenters. The van der Waals surface area contributed by atoms with Crippen molar-refractivity contribution in [3.05, 3.63) is 96.4 Å². The third-order valence-corrected chi connectivity index (χ3v) is 4.41. The lowest BCUT2D eigenvalue weighted by molar-refractivity contribution is -0.118. The molecule has 0 aliphatic heterocycles. The molecule has 0 saturated carbocycles. The molecular formula is C24H22N4O3. The van der Waals surface area contributed by atoms with Gasteiger partial charge in [-0.05, 0) is 55.5 Å². The van der Waals surface area contributed by atoms with Gasteiger partial charge in [0.1, 0.15) is 17.2 Å². The summed E-state index contributed by atoms with van der Waals surface area (Å²) in [5, 5.41) is 7.06. The zero-order valence-corrected chi connectivity index (χ0v) is 17.1. The van der Waals surface area contributed by atoms with E-state index < -0.39 is 0 Å². The Morgan fingerprint density at radius 2 is 1.65 bits per heavy atom. The first-order valence-corrected chi connectivity index (χ1v) is 9.85. The first-order chi connectivity index (χ1) is 15.1. The summed E-state index contributed by atoms with van der Waals surface area (Å²) >= 11 is 0. The van der Waals surface area contributed by atoms with Gasteiger partial charge < -0.3 is 14.8 Å². The van der Waals surface area contributed by atoms with E-state index in [9.17, 15) is 4.79 Å². The van der Waals surface area contributed by atoms with Gasteiger partial charge in [-0.3, -0.25) is 14.5 Å². The van der Waals surface area contributed by atoms with Gasteiger partial charge >= 0.3 is 0 Å². The Morgan fingerprint density at radius 1 is 0.935 bits per heavy atom. The normalized spacial score (nSPS) is 10.5. The molecule has 2 heterocycles. The fraction of sp³-hybridized carbons (Fsp3) is 0.125. The lowest BCUT2D eigenvalue weighted by Crippen LogP contribution is -2.20. The zero-order chi connectivity index (χ0) is 21.5. The molecule has 1 amide bonds. The predicted octanol–water partition coefficient (Wildman–Crippen LogP) is 4.44. The monoisotopic (exact) mass is 414 g/mol. The summed E-state index contributed by atoms with van der Waals surface area (Å²) in [5.41, 5.74) is 2.07. The molecule has 0 unspecified atom stereocenters. The molecule has 7 heteroatoms. The smallest absolute Gasteiger partial charge is 0.263 e. The Bertz CT molecular complexity index is 1120. The number of benzene rings is 2. The molecule has 1 N–H and O–H groups in total. The van der Waals surface area contributed by atoms with Crippen molar-refractivity contribution < 1.29 is 14.3 Å². The summed E-state index contributed by atoms with van der Waals surface area (Å²) in [5.74, 6) is 2.21. The second-order valence-corrected chi connectivity index (χ2v) is 6.94. The maximum absolute atomic E-state index is 12.2. The van der Waals surface area contributed by atoms with Crippen LogP contribution in [0.2, 0.25) is 0 Å². The fourth-order valence-corrected chi connectivity index (χ4v) is 2.85. The van der Waals surface area contributed by atoms with Crippen LogP contribution in [0.5, 0.6) is 17.2 Å². The Hall–Kier alpha value is -4.13. The van der Waals surface area contributed by atoms with Crippen molar-refractivity contribution in [2.24, 2.45) is 0 Å². The largest absolute Gasteiger partial charge is 0.484 e. The van der Waals surface area contributed by atoms with Gasteiger partial charge in [-0.2, -0.15) is 5.10 Å². The van der Waals surface area contributed by atoms with Crippen LogP contribution in [0.4, 0.5) is 5.82 Å². The average Bonchev–Trinajstić information content (AvgIpc) is 3.22. The molecule has 156 valence electrons. The van der Waals surface area contributed by atoms with Crippen molar-refractivity contribution in [1.29, 1.82) is 0 Å². The van der Waals surface area contributed by atoms with E-state index in [0.29, 0.717) is 23.9 Å². The van der Waals surface area contributed by atoms with E-state index in [0.717, 1.165) is 11.4 Å². The van der Waals surface area contributed by atoms with Gasteiger partial charge in [0.05, 0.1) is 12.2 Å². The number of nitrogens with zero attached hydrogens (tertiary/aromatic N) is 3. The first-order valence-electron chi connectivity index (χ1n) is 9.85. The number of hydrogen-bond donors (Lipinski definition) is 1. The number of ether oxygens (including phenoxy) is 2. The van der Waals surface area contributed by atoms with Crippen LogP contribution in [-0.4, -0.2) is 27.3 Å². The molecule has 0 radical (unpaired) electrons. The molecule has 31 heavy (non-hydrogen) atoms. The SMILES string of the molecule is Cc1ccc(Oc2ccc(OCC(=O)Nc3ccn(Cc4ccccn4)n3)cc2)cc1. The number of rotatable bonds is 8. The van der Waals surface area contributed by atoms with Gasteiger partial charge in [0, 0.05) is 18.5 Å². The van der Waals surface area contributed by atoms with Crippen LogP contribution in [0.1, 0.15) is 11.3 Å². The molecular weight excluding hydrogens is 392 g/mol. The maximum atomic E-state index is 12.2. The van der Waals surface area contributed by atoms with Crippen molar-refractivity contribution in [3.63, 3.8) is 0 Å². The molecule has 7 nitrogen and oxygen atoms in total. The summed E-state index contributed by atoms with van der Waals surface area (Å²) in [6, 6.07) is 22.4. The first kappa shape index (κ1) is 20.2. The molecule has 0 aliphatic rings. The van der Waals surface area contributed by atoms with E-state index >= 15 is 0 Å². The van der Waals surface area contributed by atoms with Crippen LogP contribution in [0.3, 0.4) is 0 Å². The molecule has 0 bridgehead atoms. The van der Waals surface area contributed by atoms with E-state index in [1.807, 2.05) is 49.4 Å². The van der Waals surface area contributed by atoms with Gasteiger partial charge in [0.25, 0.3) is 5.91 Å². The standard InChI is InChI=1S/C24H22N4O3/c1-18-5-7-21(8-6-18)31-22-11-9-20(10-12-22)30-17-24(29)26-23-13-15-28(27-23)16-19-4-2-3-14-25-19/h2-15H,16-17H2,1H3,(H,26,27,29). The van der Waals surface area contributed by atoms with E-state index in [4.69, 9.17) is 9.47 Å². The van der Waals surface area contributed by atoms with Gasteiger partial charge in [-0.15, -0.1) is 0 Å². The maximum Gasteiger partial charge on any atom is 0.263 e. The Balaban J connectivity index is 1.24. The number of pyridine rings is 1. The number of aryl methyl sites for hydroxylation is 1. The topological polar surface area (TPSA) is 78.3 Å². The highest BCUT2D eigenvalue weighted by atomic mass is 16.5. The van der Waals surface area contributed by atoms with Crippen molar-refractivity contribution in [2.75, 3.05) is 11.9 Å². The van der Waals surface area contributed by atoms with Crippen molar-refractivity contribution in [1.82, 2.24) is 14.8 Å². The molecule has 0 saturated heterocycles. The third-order valence-electron chi connectivity index (χ3n) is 4.41. The van der Waals surface area contributed by atoms with E-state index in [1.54, 1.807) is 47.4 Å². The number of carbonyl (C=O) groups is 1. The van der Waals surface area contributed by atoms with E-state index in [1.165, 1.54) is 5.56 Å². The second-order valence-electron chi connectivity index (χ2n) is 6.94. The van der Waals surface area contributed by atoms with Gasteiger partial charge in [-0.1, -0.05) is 23.8 Å². The molecule has 4 rings (SSSR count). The van der Waals surface area contributed by atoms with Crippen molar-refractivity contribution in [2.45, 2.75) is 13.5 Å². The van der Waals surface area contributed by atoms with Gasteiger partial charge in [-0.25, -0.2) is 0 Å². The second kappa shape index (κ2) is 9.58. The minimum Gasteiger partial charge on any atom is -0.484 e. The molecule has 0 aliphatic carbocycles. The predicted molar refractivity (Wildman–Crippen MR) is 117 cm³/mol. The third kappa shape index (κ3) is 5.93.